The van der Waals surface area contributed by atoms with Gasteiger partial charge in [0.25, 0.3) is 11.8 Å². The lowest BCUT2D eigenvalue weighted by Gasteiger charge is -2.31. The molecule has 3 heterocycles. The van der Waals surface area contributed by atoms with Gasteiger partial charge in [-0.3, -0.25) is 9.78 Å². The molecule has 0 unspecified atom stereocenters. The van der Waals surface area contributed by atoms with Crippen molar-refractivity contribution in [3.63, 3.8) is 0 Å². The number of carbonyl (C=O) groups excluding carboxylic acids is 2. The number of fused-ring (bicyclic) bond motifs is 1. The summed E-state index contributed by atoms with van der Waals surface area (Å²) in [7, 11) is 0. The number of rotatable bonds is 7. The summed E-state index contributed by atoms with van der Waals surface area (Å²) in [6.45, 7) is 1.62. The van der Waals surface area contributed by atoms with Crippen LogP contribution in [0.2, 0.25) is 0 Å². The molecule has 0 radical (unpaired) electrons. The van der Waals surface area contributed by atoms with Gasteiger partial charge in [0.05, 0.1) is 6.54 Å². The van der Waals surface area contributed by atoms with Gasteiger partial charge in [-0.15, -0.1) is 0 Å². The molecule has 0 atom stereocenters. The Labute approximate surface area is 253 Å². The Hall–Kier alpha value is -4.86. The van der Waals surface area contributed by atoms with Crippen LogP contribution >= 0.6 is 0 Å². The normalized spacial score (nSPS) is 15.5. The van der Waals surface area contributed by atoms with E-state index in [-0.39, 0.29) is 50.3 Å². The van der Waals surface area contributed by atoms with Gasteiger partial charge in [-0.1, -0.05) is 30.3 Å². The number of nitrogens with zero attached hydrogens (tertiary/aromatic N) is 3. The van der Waals surface area contributed by atoms with Crippen LogP contribution in [0, 0.1) is 5.82 Å². The zero-order valence-corrected chi connectivity index (χ0v) is 23.9. The summed E-state index contributed by atoms with van der Waals surface area (Å²) in [5, 5.41) is 2.90. The number of amides is 3. The molecule has 1 saturated heterocycles. The first-order valence-corrected chi connectivity index (χ1v) is 14.5. The first kappa shape index (κ1) is 29.2. The average molecular weight is 601 g/mol. The van der Waals surface area contributed by atoms with Crippen molar-refractivity contribution >= 4 is 11.9 Å². The molecule has 0 spiro atoms. The van der Waals surface area contributed by atoms with Crippen LogP contribution < -0.4 is 10.1 Å². The van der Waals surface area contributed by atoms with E-state index in [4.69, 9.17) is 4.74 Å². The molecule has 0 saturated carbocycles. The number of alkyl halides is 2. The first-order chi connectivity index (χ1) is 21.3. The molecule has 1 fully saturated rings. The number of benzene rings is 3. The van der Waals surface area contributed by atoms with E-state index in [1.165, 1.54) is 17.0 Å². The molecule has 10 heteroatoms. The number of hydrogen-bond acceptors (Lipinski definition) is 4. The summed E-state index contributed by atoms with van der Waals surface area (Å²) >= 11 is 0. The number of likely N-dealkylation sites (tertiary alicyclic amines) is 1. The van der Waals surface area contributed by atoms with Crippen LogP contribution in [0.3, 0.4) is 0 Å². The highest BCUT2D eigenvalue weighted by molar-refractivity contribution is 5.95. The Kier molecular flexibility index (Phi) is 8.23. The van der Waals surface area contributed by atoms with Crippen molar-refractivity contribution < 1.29 is 27.5 Å². The van der Waals surface area contributed by atoms with Crippen molar-refractivity contribution in [2.24, 2.45) is 0 Å². The van der Waals surface area contributed by atoms with Crippen molar-refractivity contribution in [3.8, 4) is 28.0 Å². The van der Waals surface area contributed by atoms with Crippen molar-refractivity contribution in [2.45, 2.75) is 31.9 Å². The third-order valence-electron chi connectivity index (χ3n) is 8.03. The van der Waals surface area contributed by atoms with Crippen LogP contribution in [0.25, 0.3) is 22.3 Å². The molecular weight excluding hydrogens is 569 g/mol. The van der Waals surface area contributed by atoms with E-state index < -0.39 is 5.92 Å². The van der Waals surface area contributed by atoms with Gasteiger partial charge >= 0.3 is 6.03 Å². The summed E-state index contributed by atoms with van der Waals surface area (Å²) in [6, 6.07) is 20.5. The standard InChI is InChI=1S/C34H31F3N4O3/c35-29-8-5-24(6-9-29)30-19-26(23-1-3-25(4-2-23)32(42)40-16-12-34(36,37)13-17-40)7-10-31(30)44-18-15-39-33(43)41-21-27-11-14-38-20-28(27)22-41/h1-11,14,19-20H,12-13,15-18,21-22H2,(H,39,43). The fourth-order valence-electron chi connectivity index (χ4n) is 5.51. The fourth-order valence-corrected chi connectivity index (χ4v) is 5.51. The van der Waals surface area contributed by atoms with Crippen LogP contribution in [-0.2, 0) is 13.1 Å². The highest BCUT2D eigenvalue weighted by atomic mass is 19.3. The number of carbonyl (C=O) groups is 2. The van der Waals surface area contributed by atoms with Gasteiger partial charge in [-0.2, -0.15) is 0 Å². The third kappa shape index (κ3) is 6.54. The number of halogens is 3. The van der Waals surface area contributed by atoms with Crippen molar-refractivity contribution in [2.75, 3.05) is 26.2 Å². The van der Waals surface area contributed by atoms with Gasteiger partial charge in [0.15, 0.2) is 0 Å². The Morgan fingerprint density at radius 2 is 1.52 bits per heavy atom. The zero-order chi connectivity index (χ0) is 30.7. The maximum Gasteiger partial charge on any atom is 0.318 e. The van der Waals surface area contributed by atoms with Crippen LogP contribution in [0.5, 0.6) is 5.75 Å². The average Bonchev–Trinajstić information content (AvgIpc) is 3.48. The lowest BCUT2D eigenvalue weighted by atomic mass is 9.97. The summed E-state index contributed by atoms with van der Waals surface area (Å²) in [5.41, 5.74) is 5.76. The minimum absolute atomic E-state index is 0.0317. The van der Waals surface area contributed by atoms with Gasteiger partial charge in [-0.05, 0) is 70.3 Å². The summed E-state index contributed by atoms with van der Waals surface area (Å²) in [5.74, 6) is -2.76. The molecule has 6 rings (SSSR count). The molecule has 2 aliphatic heterocycles. The second-order valence-electron chi connectivity index (χ2n) is 11.0. The van der Waals surface area contributed by atoms with Crippen molar-refractivity contribution in [3.05, 3.63) is 108 Å². The first-order valence-electron chi connectivity index (χ1n) is 14.5. The number of nitrogens with one attached hydrogen (secondary N) is 1. The van der Waals surface area contributed by atoms with E-state index in [0.717, 1.165) is 33.4 Å². The van der Waals surface area contributed by atoms with E-state index in [1.54, 1.807) is 41.6 Å². The van der Waals surface area contributed by atoms with E-state index in [2.05, 4.69) is 10.3 Å². The van der Waals surface area contributed by atoms with Crippen molar-refractivity contribution in [1.29, 1.82) is 0 Å². The molecule has 7 nitrogen and oxygen atoms in total. The minimum Gasteiger partial charge on any atom is -0.491 e. The predicted molar refractivity (Wildman–Crippen MR) is 160 cm³/mol. The van der Waals surface area contributed by atoms with Gasteiger partial charge in [0.2, 0.25) is 0 Å². The molecule has 44 heavy (non-hydrogen) atoms. The second-order valence-corrected chi connectivity index (χ2v) is 11.0. The molecule has 4 aromatic rings. The summed E-state index contributed by atoms with van der Waals surface area (Å²) in [4.78, 5) is 32.8. The summed E-state index contributed by atoms with van der Waals surface area (Å²) < 4.78 is 46.8. The number of hydrogen-bond donors (Lipinski definition) is 1. The van der Waals surface area contributed by atoms with Crippen LogP contribution in [0.1, 0.15) is 34.3 Å². The number of urea groups is 1. The van der Waals surface area contributed by atoms with Gasteiger partial charge < -0.3 is 19.9 Å². The molecule has 1 aromatic heterocycles. The number of ether oxygens (including phenoxy) is 1. The highest BCUT2D eigenvalue weighted by Gasteiger charge is 2.35. The Morgan fingerprint density at radius 3 is 2.25 bits per heavy atom. The molecule has 0 bridgehead atoms. The smallest absolute Gasteiger partial charge is 0.318 e. The van der Waals surface area contributed by atoms with E-state index >= 15 is 0 Å². The number of aromatic nitrogens is 1. The third-order valence-corrected chi connectivity index (χ3v) is 8.03. The second kappa shape index (κ2) is 12.4. The predicted octanol–water partition coefficient (Wildman–Crippen LogP) is 6.53. The van der Waals surface area contributed by atoms with Gasteiger partial charge in [0, 0.05) is 62.5 Å². The lowest BCUT2D eigenvalue weighted by molar-refractivity contribution is -0.0494. The van der Waals surface area contributed by atoms with Crippen LogP contribution in [-0.4, -0.2) is 58.9 Å². The van der Waals surface area contributed by atoms with Gasteiger partial charge in [-0.25, -0.2) is 18.0 Å². The fraction of sp³-hybridized carbons (Fsp3) is 0.265. The van der Waals surface area contributed by atoms with E-state index in [0.29, 0.717) is 30.9 Å². The SMILES string of the molecule is O=C(NCCOc1ccc(-c2ccc(C(=O)N3CCC(F)(F)CC3)cc2)cc1-c1ccc(F)cc1)N1Cc2ccncc2C1. The molecule has 3 aromatic carbocycles. The number of pyridine rings is 1. The molecular formula is C34H31F3N4O3. The highest BCUT2D eigenvalue weighted by Crippen LogP contribution is 2.35. The molecule has 1 N–H and O–H groups in total. The van der Waals surface area contributed by atoms with Crippen LogP contribution in [0.15, 0.2) is 85.2 Å². The Bertz CT molecular complexity index is 1630. The quantitative estimate of drug-likeness (QED) is 0.245. The Morgan fingerprint density at radius 1 is 0.841 bits per heavy atom. The molecule has 3 amide bonds. The minimum atomic E-state index is -2.72. The van der Waals surface area contributed by atoms with E-state index in [9.17, 15) is 22.8 Å². The zero-order valence-electron chi connectivity index (χ0n) is 23.9. The van der Waals surface area contributed by atoms with Crippen molar-refractivity contribution in [1.82, 2.24) is 20.1 Å². The van der Waals surface area contributed by atoms with E-state index in [1.807, 2.05) is 36.4 Å². The topological polar surface area (TPSA) is 74.8 Å². The Balaban J connectivity index is 1.12. The molecule has 226 valence electrons. The van der Waals surface area contributed by atoms with Crippen LogP contribution in [0.4, 0.5) is 18.0 Å². The largest absolute Gasteiger partial charge is 0.491 e. The monoisotopic (exact) mass is 600 g/mol. The molecule has 0 aliphatic carbocycles. The molecule has 2 aliphatic rings. The maximum atomic E-state index is 13.7. The van der Waals surface area contributed by atoms with Gasteiger partial charge in [0.1, 0.15) is 18.2 Å². The maximum absolute atomic E-state index is 13.7. The lowest BCUT2D eigenvalue weighted by Crippen LogP contribution is -2.42. The summed E-state index contributed by atoms with van der Waals surface area (Å²) in [6.07, 6.45) is 2.85. The number of piperidine rings is 1.